The van der Waals surface area contributed by atoms with E-state index >= 15 is 0 Å². The molecule has 0 aliphatic carbocycles. The largest absolute Gasteiger partial charge is 0.491 e. The van der Waals surface area contributed by atoms with E-state index in [2.05, 4.69) is 6.92 Å². The van der Waals surface area contributed by atoms with Gasteiger partial charge in [0.2, 0.25) is 0 Å². The van der Waals surface area contributed by atoms with Crippen LogP contribution >= 0.6 is 11.6 Å². The second kappa shape index (κ2) is 6.70. The Labute approximate surface area is 96.2 Å². The molecule has 0 aliphatic rings. The molecule has 0 amide bonds. The highest BCUT2D eigenvalue weighted by Crippen LogP contribution is 2.22. The summed E-state index contributed by atoms with van der Waals surface area (Å²) >= 11 is 6.00. The van der Waals surface area contributed by atoms with Gasteiger partial charge in [-0.05, 0) is 37.1 Å². The Kier molecular flexibility index (Phi) is 5.51. The first-order chi connectivity index (χ1) is 7.27. The molecule has 15 heavy (non-hydrogen) atoms. The van der Waals surface area contributed by atoms with Gasteiger partial charge < -0.3 is 9.47 Å². The van der Waals surface area contributed by atoms with Crippen LogP contribution in [0, 0.1) is 0 Å². The molecule has 0 bridgehead atoms. The van der Waals surface area contributed by atoms with Crippen molar-refractivity contribution >= 4 is 11.6 Å². The van der Waals surface area contributed by atoms with E-state index in [-0.39, 0.29) is 0 Å². The average Bonchev–Trinajstić information content (AvgIpc) is 2.26. The molecule has 0 aromatic heterocycles. The molecule has 0 atom stereocenters. The minimum atomic E-state index is 0.582. The smallest absolute Gasteiger partial charge is 0.119 e. The number of halogens is 1. The quantitative estimate of drug-likeness (QED) is 0.696. The number of hydrogen-bond acceptors (Lipinski definition) is 2. The van der Waals surface area contributed by atoms with Gasteiger partial charge in [0.05, 0.1) is 6.61 Å². The lowest BCUT2D eigenvalue weighted by Gasteiger charge is -2.08. The van der Waals surface area contributed by atoms with E-state index in [1.807, 2.05) is 25.1 Å². The van der Waals surface area contributed by atoms with Crippen LogP contribution < -0.4 is 4.74 Å². The third-order valence-corrected chi connectivity index (χ3v) is 2.47. The predicted octanol–water partition coefficient (Wildman–Crippen LogP) is 3.32. The molecule has 0 radical (unpaired) electrons. The summed E-state index contributed by atoms with van der Waals surface area (Å²) in [5, 5.41) is 0.801. The fourth-order valence-corrected chi connectivity index (χ4v) is 1.53. The van der Waals surface area contributed by atoms with Crippen molar-refractivity contribution in [3.05, 3.63) is 28.8 Å². The van der Waals surface area contributed by atoms with E-state index in [1.165, 1.54) is 0 Å². The average molecular weight is 229 g/mol. The normalized spacial score (nSPS) is 10.3. The van der Waals surface area contributed by atoms with Gasteiger partial charge in [0.25, 0.3) is 0 Å². The van der Waals surface area contributed by atoms with Crippen molar-refractivity contribution in [2.24, 2.45) is 0 Å². The molecule has 2 nitrogen and oxygen atoms in total. The van der Waals surface area contributed by atoms with Crippen LogP contribution in [0.2, 0.25) is 5.02 Å². The summed E-state index contributed by atoms with van der Waals surface area (Å²) in [4.78, 5) is 0. The Bertz CT molecular complexity index is 300. The Hall–Kier alpha value is -0.730. The third kappa shape index (κ3) is 4.10. The molecule has 0 spiro atoms. The van der Waals surface area contributed by atoms with Crippen molar-refractivity contribution in [2.45, 2.75) is 20.3 Å². The molecule has 1 aromatic carbocycles. The topological polar surface area (TPSA) is 18.5 Å². The second-order valence-corrected chi connectivity index (χ2v) is 3.56. The fraction of sp³-hybridized carbons (Fsp3) is 0.500. The molecule has 0 fully saturated rings. The number of ether oxygens (including phenoxy) is 2. The summed E-state index contributed by atoms with van der Waals surface area (Å²) in [5.74, 6) is 0.857. The molecule has 0 heterocycles. The molecule has 1 rings (SSSR count). The maximum Gasteiger partial charge on any atom is 0.119 e. The molecular weight excluding hydrogens is 212 g/mol. The summed E-state index contributed by atoms with van der Waals surface area (Å²) in [6.07, 6.45) is 0.918. The molecule has 1 aromatic rings. The summed E-state index contributed by atoms with van der Waals surface area (Å²) in [6, 6.07) is 5.73. The van der Waals surface area contributed by atoms with E-state index in [4.69, 9.17) is 21.1 Å². The van der Waals surface area contributed by atoms with Gasteiger partial charge in [-0.3, -0.25) is 0 Å². The number of aryl methyl sites for hydroxylation is 1. The Morgan fingerprint density at radius 1 is 1.20 bits per heavy atom. The summed E-state index contributed by atoms with van der Waals surface area (Å²) in [5.41, 5.74) is 1.12. The molecule has 84 valence electrons. The number of benzene rings is 1. The Balaban J connectivity index is 2.47. The van der Waals surface area contributed by atoms with Crippen molar-refractivity contribution in [1.82, 2.24) is 0 Å². The van der Waals surface area contributed by atoms with Crippen molar-refractivity contribution in [3.8, 4) is 5.75 Å². The van der Waals surface area contributed by atoms with Crippen molar-refractivity contribution in [2.75, 3.05) is 19.8 Å². The standard InChI is InChI=1S/C12H17ClO2/c1-3-10-9-11(5-6-12(10)13)15-8-7-14-4-2/h5-6,9H,3-4,7-8H2,1-2H3. The maximum absolute atomic E-state index is 6.00. The summed E-state index contributed by atoms with van der Waals surface area (Å²) in [7, 11) is 0. The van der Waals surface area contributed by atoms with Gasteiger partial charge in [-0.25, -0.2) is 0 Å². The minimum Gasteiger partial charge on any atom is -0.491 e. The minimum absolute atomic E-state index is 0.582. The third-order valence-electron chi connectivity index (χ3n) is 2.10. The van der Waals surface area contributed by atoms with Crippen molar-refractivity contribution in [3.63, 3.8) is 0 Å². The first-order valence-electron chi connectivity index (χ1n) is 5.26. The lowest BCUT2D eigenvalue weighted by molar-refractivity contribution is 0.110. The first kappa shape index (κ1) is 12.3. The number of rotatable bonds is 6. The van der Waals surface area contributed by atoms with Crippen LogP contribution in [0.5, 0.6) is 5.75 Å². The van der Waals surface area contributed by atoms with Gasteiger partial charge in [0, 0.05) is 11.6 Å². The number of hydrogen-bond donors (Lipinski definition) is 0. The zero-order valence-electron chi connectivity index (χ0n) is 9.25. The molecule has 0 N–H and O–H groups in total. The highest BCUT2D eigenvalue weighted by Gasteiger charge is 2.00. The van der Waals surface area contributed by atoms with Gasteiger partial charge in [0.15, 0.2) is 0 Å². The molecule has 0 saturated carbocycles. The Morgan fingerprint density at radius 3 is 2.67 bits per heavy atom. The van der Waals surface area contributed by atoms with Gasteiger partial charge in [-0.1, -0.05) is 18.5 Å². The lowest BCUT2D eigenvalue weighted by atomic mass is 10.1. The summed E-state index contributed by atoms with van der Waals surface area (Å²) < 4.78 is 10.7. The van der Waals surface area contributed by atoms with Crippen LogP contribution in [0.25, 0.3) is 0 Å². The van der Waals surface area contributed by atoms with Crippen molar-refractivity contribution in [1.29, 1.82) is 0 Å². The lowest BCUT2D eigenvalue weighted by Crippen LogP contribution is -2.06. The summed E-state index contributed by atoms with van der Waals surface area (Å²) in [6.45, 7) is 5.98. The fourth-order valence-electron chi connectivity index (χ4n) is 1.27. The molecule has 0 unspecified atom stereocenters. The van der Waals surface area contributed by atoms with E-state index in [0.717, 1.165) is 29.4 Å². The maximum atomic E-state index is 6.00. The van der Waals surface area contributed by atoms with E-state index in [0.29, 0.717) is 13.2 Å². The van der Waals surface area contributed by atoms with Gasteiger partial charge in [0.1, 0.15) is 12.4 Å². The zero-order valence-corrected chi connectivity index (χ0v) is 10.0. The van der Waals surface area contributed by atoms with Crippen LogP contribution in [0.4, 0.5) is 0 Å². The van der Waals surface area contributed by atoms with Gasteiger partial charge >= 0.3 is 0 Å². The van der Waals surface area contributed by atoms with Crippen LogP contribution in [0.15, 0.2) is 18.2 Å². The highest BCUT2D eigenvalue weighted by atomic mass is 35.5. The van der Waals surface area contributed by atoms with E-state index < -0.39 is 0 Å². The first-order valence-corrected chi connectivity index (χ1v) is 5.64. The van der Waals surface area contributed by atoms with Crippen LogP contribution in [-0.2, 0) is 11.2 Å². The molecule has 3 heteroatoms. The predicted molar refractivity (Wildman–Crippen MR) is 62.8 cm³/mol. The van der Waals surface area contributed by atoms with Crippen LogP contribution in [0.1, 0.15) is 19.4 Å². The van der Waals surface area contributed by atoms with Crippen LogP contribution in [0.3, 0.4) is 0 Å². The zero-order chi connectivity index (χ0) is 11.1. The highest BCUT2D eigenvalue weighted by molar-refractivity contribution is 6.31. The molecule has 0 aliphatic heterocycles. The van der Waals surface area contributed by atoms with Crippen LogP contribution in [-0.4, -0.2) is 19.8 Å². The van der Waals surface area contributed by atoms with Gasteiger partial charge in [-0.15, -0.1) is 0 Å². The van der Waals surface area contributed by atoms with Crippen molar-refractivity contribution < 1.29 is 9.47 Å². The Morgan fingerprint density at radius 2 is 2.00 bits per heavy atom. The molecule has 0 saturated heterocycles. The van der Waals surface area contributed by atoms with E-state index in [9.17, 15) is 0 Å². The monoisotopic (exact) mass is 228 g/mol. The van der Waals surface area contributed by atoms with E-state index in [1.54, 1.807) is 0 Å². The second-order valence-electron chi connectivity index (χ2n) is 3.15. The SMILES string of the molecule is CCOCCOc1ccc(Cl)c(CC)c1. The van der Waals surface area contributed by atoms with Gasteiger partial charge in [-0.2, -0.15) is 0 Å². The molecular formula is C12H17ClO2.